The summed E-state index contributed by atoms with van der Waals surface area (Å²) in [5.74, 6) is 1.15. The maximum absolute atomic E-state index is 13.2. The summed E-state index contributed by atoms with van der Waals surface area (Å²) >= 11 is 6.25. The highest BCUT2D eigenvalue weighted by molar-refractivity contribution is 6.32. The molecule has 0 radical (unpaired) electrons. The van der Waals surface area contributed by atoms with Gasteiger partial charge in [0.15, 0.2) is 23.0 Å². The molecule has 0 saturated heterocycles. The molecule has 4 rings (SSSR count). The number of rotatable bonds is 8. The molecule has 2 amide bonds. The summed E-state index contributed by atoms with van der Waals surface area (Å²) < 4.78 is 16.4. The molecule has 1 aliphatic rings. The van der Waals surface area contributed by atoms with Crippen LogP contribution >= 0.6 is 11.6 Å². The van der Waals surface area contributed by atoms with Gasteiger partial charge in [0, 0.05) is 11.6 Å². The number of carbonyl (C=O) groups is 2. The highest BCUT2D eigenvalue weighted by Crippen LogP contribution is 2.36. The summed E-state index contributed by atoms with van der Waals surface area (Å²) in [6, 6.07) is 19.9. The van der Waals surface area contributed by atoms with E-state index in [4.69, 9.17) is 25.8 Å². The lowest BCUT2D eigenvalue weighted by molar-refractivity contribution is -0.123. The van der Waals surface area contributed by atoms with Crippen molar-refractivity contribution in [3.8, 4) is 17.2 Å². The Bertz CT molecular complexity index is 1270. The van der Waals surface area contributed by atoms with Crippen molar-refractivity contribution in [3.63, 3.8) is 0 Å². The van der Waals surface area contributed by atoms with Crippen molar-refractivity contribution in [3.05, 3.63) is 88.6 Å². The summed E-state index contributed by atoms with van der Waals surface area (Å²) in [6.07, 6.45) is 2.18. The van der Waals surface area contributed by atoms with Crippen LogP contribution in [-0.4, -0.2) is 39.1 Å². The van der Waals surface area contributed by atoms with Crippen LogP contribution in [0, 0.1) is 0 Å². The normalized spacial score (nSPS) is 13.7. The number of para-hydroxylation sites is 2. The van der Waals surface area contributed by atoms with Gasteiger partial charge in [-0.05, 0) is 54.0 Å². The van der Waals surface area contributed by atoms with Crippen LogP contribution in [0.3, 0.4) is 0 Å². The molecule has 3 aromatic carbocycles. The minimum absolute atomic E-state index is 0.0925. The highest BCUT2D eigenvalue weighted by atomic mass is 35.5. The number of benzene rings is 3. The first-order chi connectivity index (χ1) is 17.0. The lowest BCUT2D eigenvalue weighted by Crippen LogP contribution is -2.44. The van der Waals surface area contributed by atoms with Gasteiger partial charge < -0.3 is 19.5 Å². The lowest BCUT2D eigenvalue weighted by Gasteiger charge is -2.30. The van der Waals surface area contributed by atoms with Crippen LogP contribution in [0.4, 0.5) is 5.69 Å². The predicted octanol–water partition coefficient (Wildman–Crippen LogP) is 4.48. The molecule has 3 aromatic rings. The van der Waals surface area contributed by atoms with E-state index in [0.29, 0.717) is 46.5 Å². The van der Waals surface area contributed by atoms with Gasteiger partial charge in [0.2, 0.25) is 5.91 Å². The Morgan fingerprint density at radius 2 is 1.77 bits per heavy atom. The number of nitrogens with zero attached hydrogens (tertiary/aromatic N) is 1. The van der Waals surface area contributed by atoms with Gasteiger partial charge in [-0.3, -0.25) is 14.5 Å². The number of carbonyl (C=O) groups excluding carboxylic acids is 2. The first-order valence-corrected chi connectivity index (χ1v) is 11.4. The number of nitrogens with one attached hydrogen (secondary N) is 1. The molecule has 8 heteroatoms. The summed E-state index contributed by atoms with van der Waals surface area (Å²) in [7, 11) is 3.16. The molecule has 1 heterocycles. The number of fused-ring (bicyclic) bond motifs is 1. The zero-order chi connectivity index (χ0) is 24.8. The van der Waals surface area contributed by atoms with Crippen LogP contribution < -0.4 is 24.4 Å². The number of anilines is 1. The van der Waals surface area contributed by atoms with Gasteiger partial charge in [0.05, 0.1) is 19.9 Å². The van der Waals surface area contributed by atoms with Crippen LogP contribution in [0.1, 0.15) is 11.1 Å². The number of ether oxygens (including phenoxy) is 3. The highest BCUT2D eigenvalue weighted by Gasteiger charge is 2.31. The van der Waals surface area contributed by atoms with Crippen molar-refractivity contribution >= 4 is 35.2 Å². The number of halogens is 1. The largest absolute Gasteiger partial charge is 0.493 e. The summed E-state index contributed by atoms with van der Waals surface area (Å²) in [6.45, 7) is 0.252. The fraction of sp³-hybridized carbons (Fsp3) is 0.185. The Morgan fingerprint density at radius 3 is 2.54 bits per heavy atom. The Hall–Kier alpha value is -3.97. The van der Waals surface area contributed by atoms with Crippen molar-refractivity contribution in [2.45, 2.75) is 6.42 Å². The van der Waals surface area contributed by atoms with E-state index in [2.05, 4.69) is 5.32 Å². The molecule has 1 N–H and O–H groups in total. The van der Waals surface area contributed by atoms with E-state index in [1.165, 1.54) is 4.90 Å². The third-order valence-corrected chi connectivity index (χ3v) is 5.85. The summed E-state index contributed by atoms with van der Waals surface area (Å²) in [5, 5.41) is 3.38. The molecule has 0 bridgehead atoms. The van der Waals surface area contributed by atoms with Crippen molar-refractivity contribution in [2.75, 3.05) is 32.2 Å². The van der Waals surface area contributed by atoms with Gasteiger partial charge in [-0.25, -0.2) is 0 Å². The number of amides is 2. The van der Waals surface area contributed by atoms with Crippen molar-refractivity contribution in [1.29, 1.82) is 0 Å². The molecule has 0 aromatic heterocycles. The van der Waals surface area contributed by atoms with Gasteiger partial charge in [0.1, 0.15) is 6.54 Å². The number of methoxy groups -OCH3 is 2. The molecule has 7 nitrogen and oxygen atoms in total. The SMILES string of the molecule is COc1ccc(CCNC(=O)CN2C(=O)C(=Cc3ccccc3Cl)Oc3ccccc32)cc1OC. The molecule has 0 unspecified atom stereocenters. The minimum atomic E-state index is -0.418. The Balaban J connectivity index is 1.46. The second-order valence-electron chi connectivity index (χ2n) is 7.78. The second kappa shape index (κ2) is 11.0. The average molecular weight is 493 g/mol. The zero-order valence-corrected chi connectivity index (χ0v) is 20.2. The molecule has 0 fully saturated rings. The third-order valence-electron chi connectivity index (χ3n) is 5.51. The van der Waals surface area contributed by atoms with Crippen molar-refractivity contribution in [2.24, 2.45) is 0 Å². The van der Waals surface area contributed by atoms with E-state index in [0.717, 1.165) is 5.56 Å². The Kier molecular flexibility index (Phi) is 7.57. The molecule has 0 aliphatic carbocycles. The Morgan fingerprint density at radius 1 is 1.03 bits per heavy atom. The van der Waals surface area contributed by atoms with Crippen LogP contribution in [0.2, 0.25) is 5.02 Å². The standard InChI is InChI=1S/C27H25ClN2O5/c1-33-23-12-11-18(15-24(23)34-2)13-14-29-26(31)17-30-21-9-5-6-10-22(21)35-25(27(30)32)16-19-7-3-4-8-20(19)28/h3-12,15-16H,13-14,17H2,1-2H3,(H,29,31). The fourth-order valence-electron chi connectivity index (χ4n) is 3.73. The van der Waals surface area contributed by atoms with Gasteiger partial charge in [0.25, 0.3) is 5.91 Å². The Labute approximate surface area is 208 Å². The lowest BCUT2D eigenvalue weighted by atomic mass is 10.1. The van der Waals surface area contributed by atoms with Crippen LogP contribution in [0.25, 0.3) is 6.08 Å². The van der Waals surface area contributed by atoms with Crippen LogP contribution in [0.15, 0.2) is 72.5 Å². The van der Waals surface area contributed by atoms with Crippen molar-refractivity contribution in [1.82, 2.24) is 5.32 Å². The van der Waals surface area contributed by atoms with E-state index in [-0.39, 0.29) is 18.2 Å². The summed E-state index contributed by atoms with van der Waals surface area (Å²) in [5.41, 5.74) is 2.17. The first-order valence-electron chi connectivity index (χ1n) is 11.0. The minimum Gasteiger partial charge on any atom is -0.493 e. The van der Waals surface area contributed by atoms with Crippen LogP contribution in [0.5, 0.6) is 17.2 Å². The third kappa shape index (κ3) is 5.58. The maximum Gasteiger partial charge on any atom is 0.294 e. The number of hydrogen-bond donors (Lipinski definition) is 1. The quantitative estimate of drug-likeness (QED) is 0.469. The molecule has 35 heavy (non-hydrogen) atoms. The average Bonchev–Trinajstić information content (AvgIpc) is 2.87. The zero-order valence-electron chi connectivity index (χ0n) is 19.4. The molecule has 1 aliphatic heterocycles. The van der Waals surface area contributed by atoms with Crippen molar-refractivity contribution < 1.29 is 23.8 Å². The van der Waals surface area contributed by atoms with Crippen LogP contribution in [-0.2, 0) is 16.0 Å². The van der Waals surface area contributed by atoms with E-state index in [1.54, 1.807) is 50.6 Å². The van der Waals surface area contributed by atoms with Gasteiger partial charge in [-0.2, -0.15) is 0 Å². The monoisotopic (exact) mass is 492 g/mol. The smallest absolute Gasteiger partial charge is 0.294 e. The molecule has 0 saturated carbocycles. The molecular formula is C27H25ClN2O5. The van der Waals surface area contributed by atoms with E-state index < -0.39 is 5.91 Å². The molecule has 0 spiro atoms. The molecule has 0 atom stereocenters. The van der Waals surface area contributed by atoms with E-state index in [1.807, 2.05) is 36.4 Å². The maximum atomic E-state index is 13.2. The van der Waals surface area contributed by atoms with Gasteiger partial charge >= 0.3 is 0 Å². The van der Waals surface area contributed by atoms with E-state index >= 15 is 0 Å². The van der Waals surface area contributed by atoms with E-state index in [9.17, 15) is 9.59 Å². The predicted molar refractivity (Wildman–Crippen MR) is 135 cm³/mol. The summed E-state index contributed by atoms with van der Waals surface area (Å²) in [4.78, 5) is 27.4. The fourth-order valence-corrected chi connectivity index (χ4v) is 3.92. The second-order valence-corrected chi connectivity index (χ2v) is 8.19. The van der Waals surface area contributed by atoms with Gasteiger partial charge in [-0.1, -0.05) is 48.0 Å². The first kappa shape index (κ1) is 24.2. The topological polar surface area (TPSA) is 77.1 Å². The molecule has 180 valence electrons. The number of hydrogen-bond acceptors (Lipinski definition) is 5. The molecular weight excluding hydrogens is 468 g/mol. The van der Waals surface area contributed by atoms with Gasteiger partial charge in [-0.15, -0.1) is 0 Å².